The highest BCUT2D eigenvalue weighted by atomic mass is 16.5. The fourth-order valence-electron chi connectivity index (χ4n) is 2.97. The maximum Gasteiger partial charge on any atom is 0.231 e. The fourth-order valence-corrected chi connectivity index (χ4v) is 2.97. The lowest BCUT2D eigenvalue weighted by molar-refractivity contribution is -0.125. The van der Waals surface area contributed by atoms with Crippen molar-refractivity contribution in [3.05, 3.63) is 36.4 Å². The first kappa shape index (κ1) is 22.6. The van der Waals surface area contributed by atoms with Crippen molar-refractivity contribution in [2.24, 2.45) is 0 Å². The van der Waals surface area contributed by atoms with Gasteiger partial charge in [-0.1, -0.05) is 12.1 Å². The smallest absolute Gasteiger partial charge is 0.231 e. The van der Waals surface area contributed by atoms with Gasteiger partial charge in [-0.25, -0.2) is 0 Å². The Hall–Kier alpha value is -3.68. The predicted octanol–water partition coefficient (Wildman–Crippen LogP) is 3.21. The number of hydrogen-bond donors (Lipinski definition) is 2. The Labute approximate surface area is 174 Å². The van der Waals surface area contributed by atoms with Crippen LogP contribution in [0.4, 0.5) is 11.4 Å². The second-order valence-electron chi connectivity index (χ2n) is 6.62. The van der Waals surface area contributed by atoms with Gasteiger partial charge < -0.3 is 20.1 Å². The molecule has 0 atom stereocenters. The highest BCUT2D eigenvalue weighted by Gasteiger charge is 2.22. The number of ketones is 2. The van der Waals surface area contributed by atoms with Crippen molar-refractivity contribution in [3.63, 3.8) is 0 Å². The molecule has 30 heavy (non-hydrogen) atoms. The predicted molar refractivity (Wildman–Crippen MR) is 113 cm³/mol. The molecule has 2 rings (SSSR count). The number of hydrogen-bond acceptors (Lipinski definition) is 6. The Morgan fingerprint density at radius 1 is 0.700 bits per heavy atom. The molecule has 158 valence electrons. The van der Waals surface area contributed by atoms with E-state index >= 15 is 0 Å². The van der Waals surface area contributed by atoms with E-state index in [9.17, 15) is 19.2 Å². The summed E-state index contributed by atoms with van der Waals surface area (Å²) in [7, 11) is 2.95. The topological polar surface area (TPSA) is 111 Å². The third-order valence-corrected chi connectivity index (χ3v) is 4.11. The van der Waals surface area contributed by atoms with Crippen molar-refractivity contribution < 1.29 is 28.7 Å². The molecule has 0 saturated carbocycles. The van der Waals surface area contributed by atoms with E-state index in [2.05, 4.69) is 10.6 Å². The summed E-state index contributed by atoms with van der Waals surface area (Å²) in [5.41, 5.74) is 1.69. The van der Waals surface area contributed by atoms with E-state index in [1.54, 1.807) is 36.4 Å². The average Bonchev–Trinajstić information content (AvgIpc) is 2.66. The molecule has 2 aromatic rings. The minimum atomic E-state index is -0.478. The first-order valence-electron chi connectivity index (χ1n) is 9.19. The molecule has 0 spiro atoms. The van der Waals surface area contributed by atoms with Gasteiger partial charge in [0.05, 0.1) is 49.6 Å². The zero-order chi connectivity index (χ0) is 22.3. The van der Waals surface area contributed by atoms with Crippen LogP contribution in [0.25, 0.3) is 11.1 Å². The molecule has 0 fully saturated rings. The standard InChI is InChI=1S/C22H24N2O6/c1-13(25)11-19(27)23-15-7-5-9-17(29-3)21(15)22-16(8-6-10-18(22)30-4)24-20(28)12-14(2)26/h5-10H,11-12H2,1-4H3,(H,23,27)(H,24,28). The molecule has 0 aliphatic carbocycles. The summed E-state index contributed by atoms with van der Waals surface area (Å²) in [5, 5.41) is 5.43. The second-order valence-corrected chi connectivity index (χ2v) is 6.62. The lowest BCUT2D eigenvalue weighted by Gasteiger charge is -2.20. The van der Waals surface area contributed by atoms with Gasteiger partial charge in [-0.05, 0) is 38.1 Å². The van der Waals surface area contributed by atoms with Crippen LogP contribution in [0.1, 0.15) is 26.7 Å². The van der Waals surface area contributed by atoms with Crippen molar-refractivity contribution in [1.29, 1.82) is 0 Å². The Morgan fingerprint density at radius 3 is 1.37 bits per heavy atom. The van der Waals surface area contributed by atoms with Gasteiger partial charge in [-0.2, -0.15) is 0 Å². The normalized spacial score (nSPS) is 10.1. The Kier molecular flexibility index (Phi) is 7.69. The zero-order valence-electron chi connectivity index (χ0n) is 17.3. The van der Waals surface area contributed by atoms with Crippen molar-refractivity contribution in [1.82, 2.24) is 0 Å². The van der Waals surface area contributed by atoms with Gasteiger partial charge in [0, 0.05) is 0 Å². The monoisotopic (exact) mass is 412 g/mol. The maximum absolute atomic E-state index is 12.2. The summed E-state index contributed by atoms with van der Waals surface area (Å²) >= 11 is 0. The molecule has 8 heteroatoms. The molecule has 0 aromatic heterocycles. The number of ether oxygens (including phenoxy) is 2. The van der Waals surface area contributed by atoms with Gasteiger partial charge in [0.2, 0.25) is 11.8 Å². The molecule has 0 heterocycles. The fraction of sp³-hybridized carbons (Fsp3) is 0.273. The lowest BCUT2D eigenvalue weighted by Crippen LogP contribution is -2.17. The quantitative estimate of drug-likeness (QED) is 0.612. The number of anilines is 2. The molecule has 0 aliphatic heterocycles. The number of Topliss-reactive ketones (excluding diaryl/α,β-unsaturated/α-hetero) is 2. The molecule has 0 unspecified atom stereocenters. The molecule has 0 radical (unpaired) electrons. The largest absolute Gasteiger partial charge is 0.496 e. The van der Waals surface area contributed by atoms with Crippen LogP contribution in [0.2, 0.25) is 0 Å². The number of amides is 2. The van der Waals surface area contributed by atoms with E-state index in [-0.39, 0.29) is 24.4 Å². The number of nitrogens with one attached hydrogen (secondary N) is 2. The maximum atomic E-state index is 12.2. The van der Waals surface area contributed by atoms with Crippen LogP contribution in [0.3, 0.4) is 0 Å². The first-order chi connectivity index (χ1) is 14.3. The molecule has 2 amide bonds. The zero-order valence-corrected chi connectivity index (χ0v) is 17.3. The molecule has 8 nitrogen and oxygen atoms in total. The van der Waals surface area contributed by atoms with Gasteiger partial charge >= 0.3 is 0 Å². The van der Waals surface area contributed by atoms with Gasteiger partial charge in [0.25, 0.3) is 0 Å². The van der Waals surface area contributed by atoms with Crippen LogP contribution in [0.5, 0.6) is 11.5 Å². The van der Waals surface area contributed by atoms with E-state index in [0.717, 1.165) is 0 Å². The van der Waals surface area contributed by atoms with Crippen LogP contribution in [0.15, 0.2) is 36.4 Å². The van der Waals surface area contributed by atoms with Crippen molar-refractivity contribution in [3.8, 4) is 22.6 Å². The van der Waals surface area contributed by atoms with Crippen molar-refractivity contribution >= 4 is 34.8 Å². The van der Waals surface area contributed by atoms with Gasteiger partial charge in [-0.3, -0.25) is 19.2 Å². The van der Waals surface area contributed by atoms with Crippen LogP contribution in [-0.2, 0) is 19.2 Å². The highest BCUT2D eigenvalue weighted by Crippen LogP contribution is 2.45. The third-order valence-electron chi connectivity index (χ3n) is 4.11. The summed E-state index contributed by atoms with van der Waals surface area (Å²) in [6.45, 7) is 2.66. The lowest BCUT2D eigenvalue weighted by atomic mass is 9.98. The minimum Gasteiger partial charge on any atom is -0.496 e. The highest BCUT2D eigenvalue weighted by molar-refractivity contribution is 6.09. The van der Waals surface area contributed by atoms with Crippen LogP contribution < -0.4 is 20.1 Å². The average molecular weight is 412 g/mol. The molecular weight excluding hydrogens is 388 g/mol. The summed E-state index contributed by atoms with van der Waals surface area (Å²) in [6, 6.07) is 10.1. The van der Waals surface area contributed by atoms with Gasteiger partial charge in [0.1, 0.15) is 23.1 Å². The number of methoxy groups -OCH3 is 2. The minimum absolute atomic E-state index is 0.272. The Morgan fingerprint density at radius 2 is 1.07 bits per heavy atom. The van der Waals surface area contributed by atoms with Gasteiger partial charge in [0.15, 0.2) is 0 Å². The molecule has 0 saturated heterocycles. The molecule has 0 bridgehead atoms. The molecular formula is C22H24N2O6. The van der Waals surface area contributed by atoms with Crippen molar-refractivity contribution in [2.75, 3.05) is 24.9 Å². The van der Waals surface area contributed by atoms with Crippen LogP contribution in [-0.4, -0.2) is 37.6 Å². The SMILES string of the molecule is COc1cccc(NC(=O)CC(C)=O)c1-c1c(NC(=O)CC(C)=O)cccc1OC. The molecule has 2 aromatic carbocycles. The van der Waals surface area contributed by atoms with Crippen LogP contribution >= 0.6 is 0 Å². The van der Waals surface area contributed by atoms with E-state index in [0.29, 0.717) is 34.0 Å². The summed E-state index contributed by atoms with van der Waals surface area (Å²) in [4.78, 5) is 47.1. The van der Waals surface area contributed by atoms with Gasteiger partial charge in [-0.15, -0.1) is 0 Å². The van der Waals surface area contributed by atoms with E-state index < -0.39 is 11.8 Å². The number of rotatable bonds is 9. The Balaban J connectivity index is 2.64. The van der Waals surface area contributed by atoms with Crippen molar-refractivity contribution in [2.45, 2.75) is 26.7 Å². The number of carbonyl (C=O) groups excluding carboxylic acids is 4. The number of carbonyl (C=O) groups is 4. The number of benzene rings is 2. The molecule has 0 aliphatic rings. The molecule has 2 N–H and O–H groups in total. The van der Waals surface area contributed by atoms with E-state index in [1.807, 2.05) is 0 Å². The summed E-state index contributed by atoms with van der Waals surface area (Å²) in [6.07, 6.45) is -0.546. The second kappa shape index (κ2) is 10.2. The third kappa shape index (κ3) is 5.66. The van der Waals surface area contributed by atoms with E-state index in [1.165, 1.54) is 28.1 Å². The summed E-state index contributed by atoms with van der Waals surface area (Å²) < 4.78 is 11.0. The summed E-state index contributed by atoms with van der Waals surface area (Å²) in [5.74, 6) is -0.662. The first-order valence-corrected chi connectivity index (χ1v) is 9.19. The van der Waals surface area contributed by atoms with E-state index in [4.69, 9.17) is 9.47 Å². The van der Waals surface area contributed by atoms with Crippen LogP contribution in [0, 0.1) is 0 Å². The Bertz CT molecular complexity index is 904.